The standard InChI is InChI=1S/C18H17N3O2S/c19-18(23)14-6-2-1-4-12(14)5-3-7-17(22)21-13-8-9-15-16(10-13)24-11-20-15/h1-2,4,6,8-11H,3,5,7H2,(H2,19,23)(H,21,22). The van der Waals surface area contributed by atoms with E-state index in [9.17, 15) is 9.59 Å². The maximum absolute atomic E-state index is 12.1. The van der Waals surface area contributed by atoms with Crippen LogP contribution >= 0.6 is 11.3 Å². The van der Waals surface area contributed by atoms with Crippen LogP contribution in [0.4, 0.5) is 5.69 Å². The lowest BCUT2D eigenvalue weighted by atomic mass is 10.0. The Morgan fingerprint density at radius 3 is 2.83 bits per heavy atom. The van der Waals surface area contributed by atoms with Gasteiger partial charge in [0.1, 0.15) is 0 Å². The molecule has 3 N–H and O–H groups in total. The first kappa shape index (κ1) is 16.1. The maximum Gasteiger partial charge on any atom is 0.248 e. The number of rotatable bonds is 6. The van der Waals surface area contributed by atoms with Gasteiger partial charge in [-0.3, -0.25) is 9.59 Å². The number of benzene rings is 2. The predicted molar refractivity (Wildman–Crippen MR) is 96.1 cm³/mol. The molecule has 2 aromatic carbocycles. The third-order valence-corrected chi connectivity index (χ3v) is 4.54. The number of nitrogens with two attached hydrogens (primary N) is 1. The summed E-state index contributed by atoms with van der Waals surface area (Å²) in [6.07, 6.45) is 1.67. The minimum atomic E-state index is -0.437. The highest BCUT2D eigenvalue weighted by molar-refractivity contribution is 7.16. The number of anilines is 1. The van der Waals surface area contributed by atoms with E-state index < -0.39 is 5.91 Å². The number of aromatic nitrogens is 1. The van der Waals surface area contributed by atoms with E-state index in [-0.39, 0.29) is 5.91 Å². The van der Waals surface area contributed by atoms with Crippen LogP contribution in [0.5, 0.6) is 0 Å². The van der Waals surface area contributed by atoms with Crippen LogP contribution in [-0.2, 0) is 11.2 Å². The average molecular weight is 339 g/mol. The normalized spacial score (nSPS) is 10.7. The Labute approximate surface area is 143 Å². The van der Waals surface area contributed by atoms with E-state index in [0.717, 1.165) is 21.5 Å². The fourth-order valence-electron chi connectivity index (χ4n) is 2.57. The van der Waals surface area contributed by atoms with Crippen LogP contribution in [0.1, 0.15) is 28.8 Å². The summed E-state index contributed by atoms with van der Waals surface area (Å²) < 4.78 is 1.04. The molecule has 0 radical (unpaired) electrons. The number of primary amides is 1. The number of carbonyl (C=O) groups is 2. The molecule has 0 atom stereocenters. The molecular weight excluding hydrogens is 322 g/mol. The molecule has 122 valence electrons. The third-order valence-electron chi connectivity index (χ3n) is 3.75. The van der Waals surface area contributed by atoms with Gasteiger partial charge in [0.25, 0.3) is 0 Å². The number of amides is 2. The molecule has 0 aliphatic heterocycles. The molecule has 2 amide bonds. The topological polar surface area (TPSA) is 85.1 Å². The van der Waals surface area contributed by atoms with E-state index in [1.165, 1.54) is 0 Å². The number of carbonyl (C=O) groups excluding carboxylic acids is 2. The van der Waals surface area contributed by atoms with E-state index in [1.54, 1.807) is 29.0 Å². The largest absolute Gasteiger partial charge is 0.366 e. The van der Waals surface area contributed by atoms with Gasteiger partial charge in [-0.15, -0.1) is 11.3 Å². The van der Waals surface area contributed by atoms with Crippen molar-refractivity contribution in [1.82, 2.24) is 4.98 Å². The zero-order valence-electron chi connectivity index (χ0n) is 13.0. The van der Waals surface area contributed by atoms with E-state index in [2.05, 4.69) is 10.3 Å². The van der Waals surface area contributed by atoms with E-state index in [4.69, 9.17) is 5.73 Å². The molecule has 0 unspecified atom stereocenters. The summed E-state index contributed by atoms with van der Waals surface area (Å²) in [6, 6.07) is 12.9. The van der Waals surface area contributed by atoms with Crippen LogP contribution in [-0.4, -0.2) is 16.8 Å². The Bertz CT molecular complexity index is 889. The summed E-state index contributed by atoms with van der Waals surface area (Å²) in [6.45, 7) is 0. The van der Waals surface area contributed by atoms with Gasteiger partial charge in [0.15, 0.2) is 0 Å². The number of hydrogen-bond donors (Lipinski definition) is 2. The van der Waals surface area contributed by atoms with Crippen LogP contribution in [0.25, 0.3) is 10.2 Å². The van der Waals surface area contributed by atoms with Gasteiger partial charge in [-0.2, -0.15) is 0 Å². The molecule has 0 spiro atoms. The second-order valence-electron chi connectivity index (χ2n) is 5.46. The van der Waals surface area contributed by atoms with Crippen molar-refractivity contribution in [2.45, 2.75) is 19.3 Å². The van der Waals surface area contributed by atoms with Crippen molar-refractivity contribution >= 4 is 39.1 Å². The minimum absolute atomic E-state index is 0.0459. The summed E-state index contributed by atoms with van der Waals surface area (Å²) >= 11 is 1.54. The second kappa shape index (κ2) is 7.23. The van der Waals surface area contributed by atoms with Crippen molar-refractivity contribution in [3.8, 4) is 0 Å². The lowest BCUT2D eigenvalue weighted by molar-refractivity contribution is -0.116. The zero-order chi connectivity index (χ0) is 16.9. The average Bonchev–Trinajstić information content (AvgIpc) is 3.03. The van der Waals surface area contributed by atoms with E-state index in [1.807, 2.05) is 30.3 Å². The van der Waals surface area contributed by atoms with Crippen LogP contribution in [0.15, 0.2) is 48.0 Å². The highest BCUT2D eigenvalue weighted by Gasteiger charge is 2.09. The molecule has 0 saturated carbocycles. The molecule has 3 rings (SSSR count). The molecular formula is C18H17N3O2S. The van der Waals surface area contributed by atoms with Gasteiger partial charge in [-0.25, -0.2) is 4.98 Å². The third kappa shape index (κ3) is 3.78. The number of hydrogen-bond acceptors (Lipinski definition) is 4. The van der Waals surface area contributed by atoms with Crippen molar-refractivity contribution in [2.24, 2.45) is 5.73 Å². The highest BCUT2D eigenvalue weighted by atomic mass is 32.1. The summed E-state index contributed by atoms with van der Waals surface area (Å²) in [7, 11) is 0. The maximum atomic E-state index is 12.1. The second-order valence-corrected chi connectivity index (χ2v) is 6.34. The molecule has 0 fully saturated rings. The molecule has 0 saturated heterocycles. The fourth-order valence-corrected chi connectivity index (χ4v) is 3.29. The van der Waals surface area contributed by atoms with Gasteiger partial charge < -0.3 is 11.1 Å². The summed E-state index contributed by atoms with van der Waals surface area (Å²) in [4.78, 5) is 27.7. The first-order valence-electron chi connectivity index (χ1n) is 7.64. The molecule has 0 aliphatic rings. The molecule has 24 heavy (non-hydrogen) atoms. The van der Waals surface area contributed by atoms with Crippen LogP contribution in [0.2, 0.25) is 0 Å². The van der Waals surface area contributed by atoms with Gasteiger partial charge in [0.05, 0.1) is 15.7 Å². The van der Waals surface area contributed by atoms with E-state index >= 15 is 0 Å². The number of nitrogens with one attached hydrogen (secondary N) is 1. The molecule has 3 aromatic rings. The Balaban J connectivity index is 1.55. The van der Waals surface area contributed by atoms with Crippen LogP contribution < -0.4 is 11.1 Å². The number of thiazole rings is 1. The van der Waals surface area contributed by atoms with Crippen molar-refractivity contribution in [1.29, 1.82) is 0 Å². The van der Waals surface area contributed by atoms with Crippen molar-refractivity contribution in [3.05, 3.63) is 59.1 Å². The van der Waals surface area contributed by atoms with Gasteiger partial charge in [0, 0.05) is 17.7 Å². The SMILES string of the molecule is NC(=O)c1ccccc1CCCC(=O)Nc1ccc2ncsc2c1. The minimum Gasteiger partial charge on any atom is -0.366 e. The summed E-state index contributed by atoms with van der Waals surface area (Å²) in [5.74, 6) is -0.483. The number of nitrogens with zero attached hydrogens (tertiary/aromatic N) is 1. The quantitative estimate of drug-likeness (QED) is 0.722. The van der Waals surface area contributed by atoms with Crippen molar-refractivity contribution < 1.29 is 9.59 Å². The zero-order valence-corrected chi connectivity index (χ0v) is 13.8. The van der Waals surface area contributed by atoms with Crippen molar-refractivity contribution in [3.63, 3.8) is 0 Å². The van der Waals surface area contributed by atoms with Crippen LogP contribution in [0.3, 0.4) is 0 Å². The fraction of sp³-hybridized carbons (Fsp3) is 0.167. The lowest BCUT2D eigenvalue weighted by Gasteiger charge is -2.07. The first-order valence-corrected chi connectivity index (χ1v) is 8.52. The number of fused-ring (bicyclic) bond motifs is 1. The summed E-state index contributed by atoms with van der Waals surface area (Å²) in [5, 5.41) is 2.90. The monoisotopic (exact) mass is 339 g/mol. The Kier molecular flexibility index (Phi) is 4.86. The van der Waals surface area contributed by atoms with Crippen LogP contribution in [0, 0.1) is 0 Å². The molecule has 1 heterocycles. The first-order chi connectivity index (χ1) is 11.6. The Hall–Kier alpha value is -2.73. The number of aryl methyl sites for hydroxylation is 1. The van der Waals surface area contributed by atoms with Crippen molar-refractivity contribution in [2.75, 3.05) is 5.32 Å². The summed E-state index contributed by atoms with van der Waals surface area (Å²) in [5.41, 5.74) is 10.3. The van der Waals surface area contributed by atoms with Gasteiger partial charge in [-0.05, 0) is 42.7 Å². The molecule has 6 heteroatoms. The van der Waals surface area contributed by atoms with Gasteiger partial charge in [-0.1, -0.05) is 18.2 Å². The Morgan fingerprint density at radius 1 is 1.17 bits per heavy atom. The van der Waals surface area contributed by atoms with Gasteiger partial charge in [0.2, 0.25) is 11.8 Å². The molecule has 0 bridgehead atoms. The molecule has 0 aliphatic carbocycles. The predicted octanol–water partition coefficient (Wildman–Crippen LogP) is 3.36. The Morgan fingerprint density at radius 2 is 2.00 bits per heavy atom. The lowest BCUT2D eigenvalue weighted by Crippen LogP contribution is -2.14. The highest BCUT2D eigenvalue weighted by Crippen LogP contribution is 2.22. The molecule has 1 aromatic heterocycles. The van der Waals surface area contributed by atoms with Gasteiger partial charge >= 0.3 is 0 Å². The smallest absolute Gasteiger partial charge is 0.248 e. The molecule has 5 nitrogen and oxygen atoms in total. The van der Waals surface area contributed by atoms with E-state index in [0.29, 0.717) is 24.8 Å².